The molecule has 0 unspecified atom stereocenters. The highest BCUT2D eigenvalue weighted by Crippen LogP contribution is 2.42. The molecule has 2 amide bonds. The number of carbonyl (C=O) groups is 3. The number of β-lactam (4-membered cyclic amide) rings is 1. The number of halogens is 1. The minimum absolute atomic E-state index is 0.0126. The number of thioether (sulfide) groups is 2. The van der Waals surface area contributed by atoms with Crippen LogP contribution in [0.25, 0.3) is 0 Å². The molecule has 2 aliphatic rings. The Morgan fingerprint density at radius 2 is 2.06 bits per heavy atom. The van der Waals surface area contributed by atoms with Gasteiger partial charge in [0.15, 0.2) is 4.34 Å². The molecule has 14 heteroatoms. The number of nitrogens with one attached hydrogen (secondary N) is 1. The van der Waals surface area contributed by atoms with E-state index < -0.39 is 29.3 Å². The van der Waals surface area contributed by atoms with Crippen LogP contribution in [-0.4, -0.2) is 70.7 Å². The number of carboxylic acid groups (broad SMARTS) is 1. The monoisotopic (exact) mass is 528 g/mol. The van der Waals surface area contributed by atoms with Crippen molar-refractivity contribution in [1.82, 2.24) is 30.2 Å². The maximum atomic E-state index is 12.9. The highest BCUT2D eigenvalue weighted by atomic mass is 35.5. The molecule has 4 rings (SSSR count). The fourth-order valence-corrected chi connectivity index (χ4v) is 7.11. The molecule has 33 heavy (non-hydrogen) atoms. The van der Waals surface area contributed by atoms with Gasteiger partial charge in [-0.1, -0.05) is 34.7 Å². The zero-order valence-corrected chi connectivity index (χ0v) is 21.4. The predicted molar refractivity (Wildman–Crippen MR) is 126 cm³/mol. The molecule has 1 fully saturated rings. The number of amides is 2. The minimum Gasteiger partial charge on any atom is -0.477 e. The molecule has 0 aromatic carbocycles. The van der Waals surface area contributed by atoms with Gasteiger partial charge in [0.2, 0.25) is 5.91 Å². The van der Waals surface area contributed by atoms with Gasteiger partial charge in [-0.25, -0.2) is 4.79 Å². The number of hydrogen-bond donors (Lipinski definition) is 2. The Kier molecular flexibility index (Phi) is 6.76. The van der Waals surface area contributed by atoms with Crippen LogP contribution in [0.3, 0.4) is 0 Å². The molecule has 2 N–H and O–H groups in total. The normalized spacial score (nSPS) is 21.0. The molecular formula is C19H21ClN6O4S3. The number of carboxylic acids is 1. The Hall–Kier alpha value is -2.09. The van der Waals surface area contributed by atoms with Gasteiger partial charge in [-0.2, -0.15) is 5.10 Å². The molecule has 0 saturated carbocycles. The summed E-state index contributed by atoms with van der Waals surface area (Å²) in [5.74, 6) is -1.15. The zero-order valence-electron chi connectivity index (χ0n) is 18.2. The second-order valence-electron chi connectivity index (χ2n) is 7.63. The lowest BCUT2D eigenvalue weighted by Crippen LogP contribution is -2.71. The van der Waals surface area contributed by atoms with Crippen LogP contribution in [0.4, 0.5) is 0 Å². The van der Waals surface area contributed by atoms with Crippen LogP contribution in [0, 0.1) is 20.8 Å². The van der Waals surface area contributed by atoms with Crippen molar-refractivity contribution in [3.05, 3.63) is 32.7 Å². The standard InChI is InChI=1S/C19H21ClN6O4S3/c1-7-12(20)8(2)26(24-7)9(3)15(27)21-13-16(28)25-14(18(29)30)11(5-31-17(13)25)6-32-19-23-22-10(4)33-19/h9,13,17H,5-6H2,1-4H3,(H,21,27)(H,29,30)/t9-,13+,17+/m1/s1. The number of carbonyl (C=O) groups excluding carboxylic acids is 2. The number of rotatable bonds is 7. The first-order valence-electron chi connectivity index (χ1n) is 9.94. The van der Waals surface area contributed by atoms with Crippen LogP contribution >= 0.6 is 46.5 Å². The fraction of sp³-hybridized carbons (Fsp3) is 0.474. The topological polar surface area (TPSA) is 130 Å². The van der Waals surface area contributed by atoms with Gasteiger partial charge in [-0.3, -0.25) is 19.2 Å². The van der Waals surface area contributed by atoms with Gasteiger partial charge < -0.3 is 10.4 Å². The van der Waals surface area contributed by atoms with E-state index in [2.05, 4.69) is 20.6 Å². The summed E-state index contributed by atoms with van der Waals surface area (Å²) in [7, 11) is 0. The van der Waals surface area contributed by atoms with E-state index in [-0.39, 0.29) is 11.6 Å². The third-order valence-corrected chi connectivity index (χ3v) is 9.35. The first-order chi connectivity index (χ1) is 15.6. The van der Waals surface area contributed by atoms with Gasteiger partial charge in [0, 0.05) is 11.5 Å². The average molecular weight is 529 g/mol. The molecule has 2 aromatic rings. The van der Waals surface area contributed by atoms with Crippen molar-refractivity contribution < 1.29 is 19.5 Å². The lowest BCUT2D eigenvalue weighted by molar-refractivity contribution is -0.151. The van der Waals surface area contributed by atoms with Crippen LogP contribution in [0.15, 0.2) is 15.6 Å². The number of hydrogen-bond acceptors (Lipinski definition) is 9. The van der Waals surface area contributed by atoms with Crippen molar-refractivity contribution in [2.75, 3.05) is 11.5 Å². The van der Waals surface area contributed by atoms with Crippen LogP contribution in [0.2, 0.25) is 5.02 Å². The van der Waals surface area contributed by atoms with E-state index in [1.54, 1.807) is 20.8 Å². The third kappa shape index (κ3) is 4.38. The Labute approximate surface area is 207 Å². The molecule has 0 spiro atoms. The second kappa shape index (κ2) is 9.28. The Morgan fingerprint density at radius 1 is 1.33 bits per heavy atom. The van der Waals surface area contributed by atoms with E-state index in [1.165, 1.54) is 44.4 Å². The summed E-state index contributed by atoms with van der Waals surface area (Å²) in [4.78, 5) is 39.0. The van der Waals surface area contributed by atoms with Crippen LogP contribution in [-0.2, 0) is 14.4 Å². The maximum absolute atomic E-state index is 12.9. The molecule has 0 bridgehead atoms. The summed E-state index contributed by atoms with van der Waals surface area (Å²) < 4.78 is 2.27. The molecule has 10 nitrogen and oxygen atoms in total. The minimum atomic E-state index is -1.16. The Balaban J connectivity index is 1.46. The van der Waals surface area contributed by atoms with Crippen LogP contribution in [0.1, 0.15) is 29.4 Å². The van der Waals surface area contributed by atoms with Gasteiger partial charge in [-0.15, -0.1) is 22.0 Å². The molecule has 1 saturated heterocycles. The molecule has 2 aromatic heterocycles. The van der Waals surface area contributed by atoms with E-state index in [4.69, 9.17) is 11.6 Å². The van der Waals surface area contributed by atoms with Gasteiger partial charge in [0.05, 0.1) is 16.4 Å². The number of aromatic nitrogens is 4. The van der Waals surface area contributed by atoms with Gasteiger partial charge >= 0.3 is 5.97 Å². The van der Waals surface area contributed by atoms with E-state index in [0.29, 0.717) is 33.5 Å². The highest BCUT2D eigenvalue weighted by Gasteiger charge is 2.54. The maximum Gasteiger partial charge on any atom is 0.352 e. The summed E-state index contributed by atoms with van der Waals surface area (Å²) in [6.07, 6.45) is 0. The summed E-state index contributed by atoms with van der Waals surface area (Å²) in [5.41, 5.74) is 1.91. The van der Waals surface area contributed by atoms with Gasteiger partial charge in [-0.05, 0) is 33.3 Å². The summed E-state index contributed by atoms with van der Waals surface area (Å²) in [6, 6.07) is -1.48. The van der Waals surface area contributed by atoms with Crippen molar-refractivity contribution in [1.29, 1.82) is 0 Å². The number of nitrogens with zero attached hydrogens (tertiary/aromatic N) is 5. The van der Waals surface area contributed by atoms with Gasteiger partial charge in [0.25, 0.3) is 5.91 Å². The van der Waals surface area contributed by atoms with Crippen molar-refractivity contribution in [2.24, 2.45) is 0 Å². The largest absolute Gasteiger partial charge is 0.477 e. The fourth-order valence-electron chi connectivity index (χ4n) is 3.68. The molecule has 2 aliphatic heterocycles. The average Bonchev–Trinajstić information content (AvgIpc) is 3.31. The molecule has 3 atom stereocenters. The lowest BCUT2D eigenvalue weighted by atomic mass is 10.0. The highest BCUT2D eigenvalue weighted by molar-refractivity contribution is 8.01. The number of aryl methyl sites for hydroxylation is 2. The van der Waals surface area contributed by atoms with Crippen LogP contribution < -0.4 is 5.32 Å². The summed E-state index contributed by atoms with van der Waals surface area (Å²) in [5, 5.41) is 25.7. The van der Waals surface area contributed by atoms with E-state index >= 15 is 0 Å². The molecule has 0 aliphatic carbocycles. The lowest BCUT2D eigenvalue weighted by Gasteiger charge is -2.49. The van der Waals surface area contributed by atoms with Crippen molar-refractivity contribution in [3.63, 3.8) is 0 Å². The van der Waals surface area contributed by atoms with Crippen LogP contribution in [0.5, 0.6) is 0 Å². The quantitative estimate of drug-likeness (QED) is 0.411. The molecule has 0 radical (unpaired) electrons. The zero-order chi connectivity index (χ0) is 24.0. The van der Waals surface area contributed by atoms with Gasteiger partial charge in [0.1, 0.15) is 28.2 Å². The number of fused-ring (bicyclic) bond motifs is 1. The Bertz CT molecular complexity index is 1180. The number of aliphatic carboxylic acids is 1. The third-order valence-electron chi connectivity index (χ3n) is 5.41. The SMILES string of the molecule is Cc1nnc(SCC2=C(C(=O)O)N3C(=O)[C@H](NC(=O)[C@@H](C)n4nc(C)c(Cl)c4C)[C@@H]3SC2)s1. The molecule has 4 heterocycles. The summed E-state index contributed by atoms with van der Waals surface area (Å²) in [6.45, 7) is 7.05. The second-order valence-corrected chi connectivity index (χ2v) is 11.5. The Morgan fingerprint density at radius 3 is 2.64 bits per heavy atom. The van der Waals surface area contributed by atoms with Crippen molar-refractivity contribution in [2.45, 2.75) is 49.5 Å². The smallest absolute Gasteiger partial charge is 0.352 e. The first kappa shape index (κ1) is 24.0. The summed E-state index contributed by atoms with van der Waals surface area (Å²) >= 11 is 10.4. The van der Waals surface area contributed by atoms with E-state index in [1.807, 2.05) is 6.92 Å². The van der Waals surface area contributed by atoms with E-state index in [0.717, 1.165) is 9.35 Å². The first-order valence-corrected chi connectivity index (χ1v) is 13.2. The molecule has 176 valence electrons. The van der Waals surface area contributed by atoms with Crippen molar-refractivity contribution in [3.8, 4) is 0 Å². The molecular weight excluding hydrogens is 508 g/mol. The van der Waals surface area contributed by atoms with E-state index in [9.17, 15) is 19.5 Å². The predicted octanol–water partition coefficient (Wildman–Crippen LogP) is 2.41. The van der Waals surface area contributed by atoms with Crippen molar-refractivity contribution >= 4 is 64.2 Å².